The van der Waals surface area contributed by atoms with Gasteiger partial charge < -0.3 is 14.8 Å². The second kappa shape index (κ2) is 6.75. The lowest BCUT2D eigenvalue weighted by atomic mass is 9.93. The minimum atomic E-state index is -0.308. The molecule has 1 aliphatic carbocycles. The molecule has 1 aliphatic rings. The first-order valence-corrected chi connectivity index (χ1v) is 6.94. The maximum absolute atomic E-state index is 13.7. The number of hydrogen-bond donors (Lipinski definition) is 1. The Hall–Kier alpha value is -1.29. The number of ether oxygens (including phenoxy) is 2. The van der Waals surface area contributed by atoms with E-state index in [1.807, 2.05) is 13.0 Å². The summed E-state index contributed by atoms with van der Waals surface area (Å²) < 4.78 is 24.3. The molecule has 1 aromatic rings. The second-order valence-corrected chi connectivity index (χ2v) is 4.93. The zero-order valence-corrected chi connectivity index (χ0v) is 11.6. The highest BCUT2D eigenvalue weighted by atomic mass is 19.1. The highest BCUT2D eigenvalue weighted by molar-refractivity contribution is 5.48. The van der Waals surface area contributed by atoms with Crippen LogP contribution in [0.2, 0.25) is 0 Å². The van der Waals surface area contributed by atoms with Crippen molar-refractivity contribution in [3.8, 4) is 5.75 Å². The molecule has 0 aliphatic heterocycles. The molecule has 2 rings (SSSR count). The molecule has 19 heavy (non-hydrogen) atoms. The first-order valence-electron chi connectivity index (χ1n) is 6.94. The lowest BCUT2D eigenvalue weighted by Gasteiger charge is -2.29. The summed E-state index contributed by atoms with van der Waals surface area (Å²) in [6.45, 7) is 2.32. The summed E-state index contributed by atoms with van der Waals surface area (Å²) in [6, 6.07) is 5.47. The van der Waals surface area contributed by atoms with Crippen LogP contribution in [-0.2, 0) is 4.74 Å². The van der Waals surface area contributed by atoms with Crippen LogP contribution in [0.25, 0.3) is 0 Å². The largest absolute Gasteiger partial charge is 0.491 e. The van der Waals surface area contributed by atoms with Gasteiger partial charge in [0.25, 0.3) is 0 Å². The summed E-state index contributed by atoms with van der Waals surface area (Å²) in [5, 5.41) is 3.38. The third-order valence-corrected chi connectivity index (χ3v) is 3.61. The normalized spacial score (nSPS) is 23.1. The molecule has 0 radical (unpaired) electrons. The van der Waals surface area contributed by atoms with Crippen LogP contribution in [0.3, 0.4) is 0 Å². The molecule has 1 N–H and O–H groups in total. The summed E-state index contributed by atoms with van der Waals surface area (Å²) in [5.74, 6) is 0.00793. The summed E-state index contributed by atoms with van der Waals surface area (Å²) in [7, 11) is 1.76. The number of anilines is 1. The maximum atomic E-state index is 13.7. The highest BCUT2D eigenvalue weighted by Crippen LogP contribution is 2.26. The molecule has 1 fully saturated rings. The Morgan fingerprint density at radius 3 is 2.58 bits per heavy atom. The van der Waals surface area contributed by atoms with Gasteiger partial charge in [-0.05, 0) is 44.7 Å². The Morgan fingerprint density at radius 1 is 1.26 bits per heavy atom. The standard InChI is InChI=1S/C15H22FNO2/c1-3-19-15-9-6-12(10-14(15)16)17-11-4-7-13(18-2)8-5-11/h6,9-11,13,17H,3-5,7-8H2,1-2H3. The molecule has 0 unspecified atom stereocenters. The minimum absolute atomic E-state index is 0.308. The fraction of sp³-hybridized carbons (Fsp3) is 0.600. The summed E-state index contributed by atoms with van der Waals surface area (Å²) >= 11 is 0. The second-order valence-electron chi connectivity index (χ2n) is 4.93. The van der Waals surface area contributed by atoms with E-state index in [2.05, 4.69) is 5.32 Å². The van der Waals surface area contributed by atoms with E-state index >= 15 is 0 Å². The van der Waals surface area contributed by atoms with Gasteiger partial charge in [-0.2, -0.15) is 0 Å². The van der Waals surface area contributed by atoms with E-state index < -0.39 is 0 Å². The van der Waals surface area contributed by atoms with E-state index in [4.69, 9.17) is 9.47 Å². The van der Waals surface area contributed by atoms with Crippen LogP contribution in [0, 0.1) is 5.82 Å². The van der Waals surface area contributed by atoms with E-state index in [0.717, 1.165) is 31.4 Å². The van der Waals surface area contributed by atoms with Crippen molar-refractivity contribution in [2.75, 3.05) is 19.0 Å². The molecule has 0 amide bonds. The SMILES string of the molecule is CCOc1ccc(NC2CCC(OC)CC2)cc1F. The predicted octanol–water partition coefficient (Wildman–Crippen LogP) is 3.59. The third-order valence-electron chi connectivity index (χ3n) is 3.61. The van der Waals surface area contributed by atoms with Crippen molar-refractivity contribution >= 4 is 5.69 Å². The number of hydrogen-bond acceptors (Lipinski definition) is 3. The molecule has 4 heteroatoms. The van der Waals surface area contributed by atoms with Crippen LogP contribution in [0.15, 0.2) is 18.2 Å². The van der Waals surface area contributed by atoms with Crippen LogP contribution in [0.4, 0.5) is 10.1 Å². The molecule has 0 aromatic heterocycles. The van der Waals surface area contributed by atoms with Gasteiger partial charge in [-0.3, -0.25) is 0 Å². The van der Waals surface area contributed by atoms with Crippen molar-refractivity contribution in [3.05, 3.63) is 24.0 Å². The Balaban J connectivity index is 1.91. The predicted molar refractivity (Wildman–Crippen MR) is 74.2 cm³/mol. The number of rotatable bonds is 5. The van der Waals surface area contributed by atoms with Crippen molar-refractivity contribution in [1.82, 2.24) is 0 Å². The van der Waals surface area contributed by atoms with Gasteiger partial charge in [0.2, 0.25) is 0 Å². The van der Waals surface area contributed by atoms with Gasteiger partial charge in [0.1, 0.15) is 0 Å². The van der Waals surface area contributed by atoms with Crippen molar-refractivity contribution in [2.24, 2.45) is 0 Å². The molecule has 0 atom stereocenters. The van der Waals surface area contributed by atoms with E-state index in [9.17, 15) is 4.39 Å². The summed E-state index contributed by atoms with van der Waals surface area (Å²) in [4.78, 5) is 0. The first-order chi connectivity index (χ1) is 9.22. The van der Waals surface area contributed by atoms with E-state index in [1.165, 1.54) is 6.07 Å². The Bertz CT molecular complexity index is 403. The Morgan fingerprint density at radius 2 is 2.00 bits per heavy atom. The zero-order valence-electron chi connectivity index (χ0n) is 11.6. The lowest BCUT2D eigenvalue weighted by Crippen LogP contribution is -2.29. The van der Waals surface area contributed by atoms with Crippen molar-refractivity contribution in [1.29, 1.82) is 0 Å². The van der Waals surface area contributed by atoms with Gasteiger partial charge in [0.15, 0.2) is 11.6 Å². The van der Waals surface area contributed by atoms with Crippen LogP contribution in [0.1, 0.15) is 32.6 Å². The topological polar surface area (TPSA) is 30.5 Å². The van der Waals surface area contributed by atoms with Crippen molar-refractivity contribution < 1.29 is 13.9 Å². The smallest absolute Gasteiger partial charge is 0.167 e. The Labute approximate surface area is 114 Å². The van der Waals surface area contributed by atoms with E-state index in [-0.39, 0.29) is 5.82 Å². The maximum Gasteiger partial charge on any atom is 0.167 e. The average Bonchev–Trinajstić information content (AvgIpc) is 2.43. The quantitative estimate of drug-likeness (QED) is 0.884. The molecule has 106 valence electrons. The Kier molecular flexibility index (Phi) is 5.02. The molecular weight excluding hydrogens is 245 g/mol. The molecule has 0 bridgehead atoms. The fourth-order valence-electron chi connectivity index (χ4n) is 2.54. The van der Waals surface area contributed by atoms with E-state index in [0.29, 0.717) is 24.5 Å². The van der Waals surface area contributed by atoms with E-state index in [1.54, 1.807) is 13.2 Å². The number of methoxy groups -OCH3 is 1. The van der Waals surface area contributed by atoms with Gasteiger partial charge in [0, 0.05) is 24.9 Å². The number of nitrogens with one attached hydrogen (secondary N) is 1. The monoisotopic (exact) mass is 267 g/mol. The molecular formula is C15H22FNO2. The van der Waals surface area contributed by atoms with Crippen molar-refractivity contribution in [3.63, 3.8) is 0 Å². The van der Waals surface area contributed by atoms with Gasteiger partial charge in [-0.15, -0.1) is 0 Å². The van der Waals surface area contributed by atoms with Crippen LogP contribution >= 0.6 is 0 Å². The summed E-state index contributed by atoms with van der Waals surface area (Å²) in [5.41, 5.74) is 0.821. The molecule has 3 nitrogen and oxygen atoms in total. The van der Waals surface area contributed by atoms with Gasteiger partial charge >= 0.3 is 0 Å². The lowest BCUT2D eigenvalue weighted by molar-refractivity contribution is 0.0682. The van der Waals surface area contributed by atoms with Crippen LogP contribution in [0.5, 0.6) is 5.75 Å². The molecule has 0 saturated heterocycles. The highest BCUT2D eigenvalue weighted by Gasteiger charge is 2.20. The first kappa shape index (κ1) is 14.1. The minimum Gasteiger partial charge on any atom is -0.491 e. The third kappa shape index (κ3) is 3.83. The zero-order chi connectivity index (χ0) is 13.7. The van der Waals surface area contributed by atoms with Gasteiger partial charge in [-0.25, -0.2) is 4.39 Å². The molecule has 0 spiro atoms. The summed E-state index contributed by atoms with van der Waals surface area (Å²) in [6.07, 6.45) is 4.64. The van der Waals surface area contributed by atoms with Gasteiger partial charge in [0.05, 0.1) is 12.7 Å². The average molecular weight is 267 g/mol. The van der Waals surface area contributed by atoms with Crippen LogP contribution < -0.4 is 10.1 Å². The van der Waals surface area contributed by atoms with Crippen LogP contribution in [-0.4, -0.2) is 25.9 Å². The molecule has 1 aromatic carbocycles. The van der Waals surface area contributed by atoms with Gasteiger partial charge in [-0.1, -0.05) is 0 Å². The van der Waals surface area contributed by atoms with Crippen molar-refractivity contribution in [2.45, 2.75) is 44.8 Å². The number of benzene rings is 1. The fourth-order valence-corrected chi connectivity index (χ4v) is 2.54. The number of halogens is 1. The molecule has 0 heterocycles. The molecule has 1 saturated carbocycles.